The molecule has 1 aromatic rings. The number of hydrogen-bond donors (Lipinski definition) is 1. The summed E-state index contributed by atoms with van der Waals surface area (Å²) in [5, 5.41) is 5.26. The van der Waals surface area contributed by atoms with Crippen molar-refractivity contribution in [3.8, 4) is 0 Å². The van der Waals surface area contributed by atoms with Gasteiger partial charge in [-0.2, -0.15) is 0 Å². The number of nitrogens with one attached hydrogen (secondary N) is 1. The summed E-state index contributed by atoms with van der Waals surface area (Å²) >= 11 is 1.37. The van der Waals surface area contributed by atoms with Crippen molar-refractivity contribution in [2.75, 3.05) is 26.9 Å². The molecule has 2 aliphatic heterocycles. The number of ether oxygens (including phenoxy) is 2. The summed E-state index contributed by atoms with van der Waals surface area (Å²) in [6.07, 6.45) is 0.0940. The Hall–Kier alpha value is -2.65. The molecule has 0 fully saturated rings. The van der Waals surface area contributed by atoms with Gasteiger partial charge < -0.3 is 19.7 Å². The number of benzene rings is 1. The fourth-order valence-corrected chi connectivity index (χ4v) is 4.32. The molecule has 1 amide bonds. The SMILES string of the molecule is CCOC(=O)C1=C(C)N=C2SC=C(CC(=O)NCCOC)N2C1c1cccc(F)c1. The van der Waals surface area contributed by atoms with Crippen molar-refractivity contribution in [3.05, 3.63) is 58.0 Å². The minimum absolute atomic E-state index is 0.0940. The number of amides is 1. The Morgan fingerprint density at radius 3 is 2.87 bits per heavy atom. The predicted octanol–water partition coefficient (Wildman–Crippen LogP) is 3.12. The minimum Gasteiger partial charge on any atom is -0.463 e. The molecule has 1 N–H and O–H groups in total. The summed E-state index contributed by atoms with van der Waals surface area (Å²) in [5.41, 5.74) is 2.11. The molecular formula is C21H24FN3O4S. The van der Waals surface area contributed by atoms with Crippen LogP contribution in [0.1, 0.15) is 31.9 Å². The summed E-state index contributed by atoms with van der Waals surface area (Å²) in [6, 6.07) is 5.45. The van der Waals surface area contributed by atoms with E-state index in [-0.39, 0.29) is 18.9 Å². The molecule has 160 valence electrons. The summed E-state index contributed by atoms with van der Waals surface area (Å²) in [6.45, 7) is 4.48. The van der Waals surface area contributed by atoms with Crippen LogP contribution in [0.3, 0.4) is 0 Å². The van der Waals surface area contributed by atoms with Crippen LogP contribution < -0.4 is 5.32 Å². The molecule has 1 unspecified atom stereocenters. The molecule has 2 heterocycles. The fraction of sp³-hybridized carbons (Fsp3) is 0.381. The van der Waals surface area contributed by atoms with Crippen LogP contribution in [0.2, 0.25) is 0 Å². The Labute approximate surface area is 179 Å². The minimum atomic E-state index is -0.639. The van der Waals surface area contributed by atoms with Crippen LogP contribution in [0.25, 0.3) is 0 Å². The molecule has 0 spiro atoms. The first-order chi connectivity index (χ1) is 14.5. The van der Waals surface area contributed by atoms with Gasteiger partial charge in [0.05, 0.1) is 36.9 Å². The van der Waals surface area contributed by atoms with Crippen LogP contribution in [-0.4, -0.2) is 48.8 Å². The zero-order valence-electron chi connectivity index (χ0n) is 17.1. The second-order valence-corrected chi connectivity index (χ2v) is 7.52. The maximum absolute atomic E-state index is 14.0. The van der Waals surface area contributed by atoms with Gasteiger partial charge in [-0.15, -0.1) is 0 Å². The van der Waals surface area contributed by atoms with Gasteiger partial charge >= 0.3 is 5.97 Å². The molecule has 0 aromatic heterocycles. The lowest BCUT2D eigenvalue weighted by Gasteiger charge is -2.36. The lowest BCUT2D eigenvalue weighted by Crippen LogP contribution is -2.38. The van der Waals surface area contributed by atoms with Gasteiger partial charge in [-0.05, 0) is 37.0 Å². The monoisotopic (exact) mass is 433 g/mol. The Morgan fingerprint density at radius 2 is 2.17 bits per heavy atom. The molecule has 0 saturated heterocycles. The third-order valence-electron chi connectivity index (χ3n) is 4.63. The fourth-order valence-electron chi connectivity index (χ4n) is 3.35. The molecule has 1 aromatic carbocycles. The zero-order chi connectivity index (χ0) is 21.7. The number of methoxy groups -OCH3 is 1. The zero-order valence-corrected chi connectivity index (χ0v) is 17.9. The number of thioether (sulfide) groups is 1. The van der Waals surface area contributed by atoms with Crippen LogP contribution in [-0.2, 0) is 19.1 Å². The normalized spacial score (nSPS) is 18.0. The Bertz CT molecular complexity index is 929. The molecule has 1 atom stereocenters. The van der Waals surface area contributed by atoms with E-state index in [4.69, 9.17) is 9.47 Å². The van der Waals surface area contributed by atoms with Crippen molar-refractivity contribution in [2.45, 2.75) is 26.3 Å². The highest BCUT2D eigenvalue weighted by Gasteiger charge is 2.41. The largest absolute Gasteiger partial charge is 0.463 e. The number of carbonyl (C=O) groups excluding carboxylic acids is 2. The third-order valence-corrected chi connectivity index (χ3v) is 5.52. The molecule has 0 bridgehead atoms. The van der Waals surface area contributed by atoms with Crippen LogP contribution in [0.4, 0.5) is 4.39 Å². The first-order valence-electron chi connectivity index (χ1n) is 9.58. The van der Waals surface area contributed by atoms with E-state index in [1.807, 2.05) is 10.3 Å². The number of halogens is 1. The lowest BCUT2D eigenvalue weighted by molar-refractivity contribution is -0.139. The van der Waals surface area contributed by atoms with E-state index in [0.717, 1.165) is 0 Å². The van der Waals surface area contributed by atoms with Crippen molar-refractivity contribution in [1.82, 2.24) is 10.2 Å². The van der Waals surface area contributed by atoms with E-state index >= 15 is 0 Å². The maximum Gasteiger partial charge on any atom is 0.338 e. The number of allylic oxidation sites excluding steroid dienone is 1. The van der Waals surface area contributed by atoms with Crippen molar-refractivity contribution in [1.29, 1.82) is 0 Å². The van der Waals surface area contributed by atoms with E-state index in [0.29, 0.717) is 40.8 Å². The number of esters is 1. The van der Waals surface area contributed by atoms with E-state index in [1.165, 1.54) is 23.9 Å². The molecule has 0 saturated carbocycles. The second-order valence-electron chi connectivity index (χ2n) is 6.69. The van der Waals surface area contributed by atoms with Crippen molar-refractivity contribution in [2.24, 2.45) is 4.99 Å². The lowest BCUT2D eigenvalue weighted by atomic mass is 9.93. The van der Waals surface area contributed by atoms with Gasteiger partial charge in [-0.1, -0.05) is 23.9 Å². The smallest absolute Gasteiger partial charge is 0.338 e. The topological polar surface area (TPSA) is 80.2 Å². The summed E-state index contributed by atoms with van der Waals surface area (Å²) in [7, 11) is 1.56. The van der Waals surface area contributed by atoms with Crippen molar-refractivity contribution >= 4 is 28.8 Å². The molecule has 7 nitrogen and oxygen atoms in total. The Balaban J connectivity index is 1.96. The van der Waals surface area contributed by atoms with Gasteiger partial charge in [0.15, 0.2) is 5.17 Å². The standard InChI is InChI=1S/C21H24FN3O4S/c1-4-29-20(27)18-13(2)24-21-25(19(18)14-6-5-7-15(22)10-14)16(12-30-21)11-17(26)23-8-9-28-3/h5-7,10,12,19H,4,8-9,11H2,1-3H3,(H,23,26). The average molecular weight is 434 g/mol. The molecule has 30 heavy (non-hydrogen) atoms. The molecular weight excluding hydrogens is 409 g/mol. The van der Waals surface area contributed by atoms with E-state index in [9.17, 15) is 14.0 Å². The first-order valence-corrected chi connectivity index (χ1v) is 10.5. The number of nitrogens with zero attached hydrogens (tertiary/aromatic N) is 2. The van der Waals surface area contributed by atoms with Crippen LogP contribution in [0.5, 0.6) is 0 Å². The molecule has 0 aliphatic carbocycles. The van der Waals surface area contributed by atoms with Gasteiger partial charge in [-0.3, -0.25) is 4.79 Å². The molecule has 0 radical (unpaired) electrons. The highest BCUT2D eigenvalue weighted by atomic mass is 32.2. The van der Waals surface area contributed by atoms with Gasteiger partial charge in [0.1, 0.15) is 5.82 Å². The summed E-state index contributed by atoms with van der Waals surface area (Å²) in [5.74, 6) is -1.10. The van der Waals surface area contributed by atoms with Crippen molar-refractivity contribution in [3.63, 3.8) is 0 Å². The Morgan fingerprint density at radius 1 is 1.37 bits per heavy atom. The molecule has 3 rings (SSSR count). The number of aliphatic imine (C=N–C) groups is 1. The summed E-state index contributed by atoms with van der Waals surface area (Å²) in [4.78, 5) is 31.5. The van der Waals surface area contributed by atoms with E-state index in [1.54, 1.807) is 33.1 Å². The second kappa shape index (κ2) is 9.90. The van der Waals surface area contributed by atoms with Gasteiger partial charge in [0, 0.05) is 19.4 Å². The number of carbonyl (C=O) groups is 2. The number of fused-ring (bicyclic) bond motifs is 1. The average Bonchev–Trinajstić information content (AvgIpc) is 3.09. The third kappa shape index (κ3) is 4.73. The number of hydrogen-bond acceptors (Lipinski definition) is 7. The van der Waals surface area contributed by atoms with E-state index in [2.05, 4.69) is 10.3 Å². The highest BCUT2D eigenvalue weighted by Crippen LogP contribution is 2.44. The molecule has 2 aliphatic rings. The summed E-state index contributed by atoms with van der Waals surface area (Å²) < 4.78 is 24.3. The number of rotatable bonds is 8. The highest BCUT2D eigenvalue weighted by molar-refractivity contribution is 8.16. The van der Waals surface area contributed by atoms with E-state index < -0.39 is 17.8 Å². The first kappa shape index (κ1) is 22.0. The van der Waals surface area contributed by atoms with Crippen LogP contribution in [0.15, 0.2) is 51.6 Å². The van der Waals surface area contributed by atoms with Gasteiger partial charge in [0.25, 0.3) is 0 Å². The molecule has 9 heteroatoms. The number of amidine groups is 1. The quantitative estimate of drug-likeness (QED) is 0.501. The van der Waals surface area contributed by atoms with Crippen molar-refractivity contribution < 1.29 is 23.5 Å². The predicted molar refractivity (Wildman–Crippen MR) is 113 cm³/mol. The van der Waals surface area contributed by atoms with Gasteiger partial charge in [-0.25, -0.2) is 14.2 Å². The maximum atomic E-state index is 14.0. The Kier molecular flexibility index (Phi) is 7.28. The van der Waals surface area contributed by atoms with Gasteiger partial charge in [0.2, 0.25) is 5.91 Å². The van der Waals surface area contributed by atoms with Crippen LogP contribution >= 0.6 is 11.8 Å². The van der Waals surface area contributed by atoms with Crippen LogP contribution in [0, 0.1) is 5.82 Å².